The molecule has 0 aliphatic heterocycles. The fourth-order valence-electron chi connectivity index (χ4n) is 1.35. The lowest BCUT2D eigenvalue weighted by atomic mass is 10.1. The van der Waals surface area contributed by atoms with Crippen molar-refractivity contribution in [2.45, 2.75) is 32.3 Å². The van der Waals surface area contributed by atoms with Crippen molar-refractivity contribution in [3.05, 3.63) is 12.7 Å². The van der Waals surface area contributed by atoms with Gasteiger partial charge < -0.3 is 18.9 Å². The lowest BCUT2D eigenvalue weighted by Crippen LogP contribution is -2.33. The molecule has 0 fully saturated rings. The molecule has 0 N–H and O–H groups in total. The van der Waals surface area contributed by atoms with Crippen molar-refractivity contribution < 1.29 is 33.3 Å². The Balaban J connectivity index is 3.78. The molecule has 0 spiro atoms. The van der Waals surface area contributed by atoms with E-state index < -0.39 is 23.5 Å². The van der Waals surface area contributed by atoms with Gasteiger partial charge in [-0.2, -0.15) is 0 Å². The minimum atomic E-state index is -0.727. The molecule has 0 atom stereocenters. The molecule has 0 aromatic carbocycles. The van der Waals surface area contributed by atoms with E-state index in [1.54, 1.807) is 13.8 Å². The molecule has 0 saturated heterocycles. The Morgan fingerprint density at radius 2 is 1.62 bits per heavy atom. The van der Waals surface area contributed by atoms with Crippen molar-refractivity contribution in [1.29, 1.82) is 0 Å². The molecule has 0 saturated carbocycles. The van der Waals surface area contributed by atoms with Gasteiger partial charge in [-0.05, 0) is 13.8 Å². The molecule has 7 nitrogen and oxygen atoms in total. The number of hydrogen-bond acceptors (Lipinski definition) is 7. The van der Waals surface area contributed by atoms with Gasteiger partial charge in [-0.3, -0.25) is 9.59 Å². The highest BCUT2D eigenvalue weighted by molar-refractivity contribution is 5.81. The van der Waals surface area contributed by atoms with Crippen LogP contribution < -0.4 is 0 Å². The zero-order valence-electron chi connectivity index (χ0n) is 12.7. The molecule has 0 radical (unpaired) electrons. The summed E-state index contributed by atoms with van der Waals surface area (Å²) in [6.45, 7) is 6.75. The Kier molecular flexibility index (Phi) is 9.03. The van der Waals surface area contributed by atoms with Crippen LogP contribution in [0.15, 0.2) is 12.7 Å². The first kappa shape index (κ1) is 19.1. The van der Waals surface area contributed by atoms with Crippen LogP contribution in [0.25, 0.3) is 0 Å². The molecular weight excluding hydrogens is 280 g/mol. The number of carbonyl (C=O) groups is 3. The highest BCUT2D eigenvalue weighted by Crippen LogP contribution is 2.10. The maximum absolute atomic E-state index is 11.5. The van der Waals surface area contributed by atoms with E-state index in [0.717, 1.165) is 6.08 Å². The van der Waals surface area contributed by atoms with Crippen LogP contribution in [0.2, 0.25) is 0 Å². The van der Waals surface area contributed by atoms with Gasteiger partial charge in [0.1, 0.15) is 18.8 Å². The van der Waals surface area contributed by atoms with Crippen LogP contribution in [-0.2, 0) is 33.3 Å². The second kappa shape index (κ2) is 9.93. The van der Waals surface area contributed by atoms with Gasteiger partial charge in [0.15, 0.2) is 0 Å². The monoisotopic (exact) mass is 302 g/mol. The van der Waals surface area contributed by atoms with E-state index in [1.807, 2.05) is 0 Å². The van der Waals surface area contributed by atoms with E-state index in [9.17, 15) is 14.4 Å². The second-order valence-electron chi connectivity index (χ2n) is 4.76. The zero-order valence-corrected chi connectivity index (χ0v) is 12.7. The van der Waals surface area contributed by atoms with Gasteiger partial charge in [0.05, 0.1) is 19.4 Å². The Hall–Kier alpha value is -1.89. The topological polar surface area (TPSA) is 88.1 Å². The fourth-order valence-corrected chi connectivity index (χ4v) is 1.35. The average Bonchev–Trinajstić information content (AvgIpc) is 2.37. The Bertz CT molecular complexity index is 374. The third-order valence-corrected chi connectivity index (χ3v) is 2.17. The lowest BCUT2D eigenvalue weighted by molar-refractivity contribution is -0.163. The first-order valence-electron chi connectivity index (χ1n) is 6.46. The van der Waals surface area contributed by atoms with Gasteiger partial charge in [-0.15, -0.1) is 0 Å². The summed E-state index contributed by atoms with van der Waals surface area (Å²) in [6.07, 6.45) is 0.873. The zero-order chi connectivity index (χ0) is 16.3. The van der Waals surface area contributed by atoms with E-state index >= 15 is 0 Å². The lowest BCUT2D eigenvalue weighted by Gasteiger charge is -2.23. The summed E-state index contributed by atoms with van der Waals surface area (Å²) in [5.74, 6) is -1.65. The van der Waals surface area contributed by atoms with Crippen molar-refractivity contribution in [2.24, 2.45) is 0 Å². The summed E-state index contributed by atoms with van der Waals surface area (Å²) >= 11 is 0. The summed E-state index contributed by atoms with van der Waals surface area (Å²) in [5.41, 5.74) is -0.727. The summed E-state index contributed by atoms with van der Waals surface area (Å²) in [5, 5.41) is 0. The van der Waals surface area contributed by atoms with E-state index in [2.05, 4.69) is 11.3 Å². The molecule has 0 heterocycles. The van der Waals surface area contributed by atoms with Crippen molar-refractivity contribution in [2.75, 3.05) is 26.9 Å². The number of ether oxygens (including phenoxy) is 4. The number of hydrogen-bond donors (Lipinski definition) is 0. The number of esters is 3. The minimum Gasteiger partial charge on any atom is -0.465 e. The Morgan fingerprint density at radius 3 is 2.19 bits per heavy atom. The number of rotatable bonds is 10. The molecule has 0 aromatic heterocycles. The maximum Gasteiger partial charge on any atom is 0.330 e. The highest BCUT2D eigenvalue weighted by atomic mass is 16.6. The van der Waals surface area contributed by atoms with Crippen LogP contribution in [-0.4, -0.2) is 50.4 Å². The normalized spacial score (nSPS) is 10.6. The highest BCUT2D eigenvalue weighted by Gasteiger charge is 2.22. The van der Waals surface area contributed by atoms with Crippen molar-refractivity contribution >= 4 is 17.9 Å². The predicted molar refractivity (Wildman–Crippen MR) is 73.4 cm³/mol. The van der Waals surface area contributed by atoms with Crippen LogP contribution in [0.4, 0.5) is 0 Å². The Morgan fingerprint density at radius 1 is 1.05 bits per heavy atom. The summed E-state index contributed by atoms with van der Waals surface area (Å²) in [7, 11) is 1.51. The van der Waals surface area contributed by atoms with Gasteiger partial charge in [-0.1, -0.05) is 6.58 Å². The smallest absolute Gasteiger partial charge is 0.330 e. The molecule has 7 heteroatoms. The quantitative estimate of drug-likeness (QED) is 0.338. The SMILES string of the molecule is C=CC(=O)OCCC(=O)OCCC(=O)OC(C)(C)COC. The maximum atomic E-state index is 11.5. The first-order chi connectivity index (χ1) is 9.80. The standard InChI is InChI=1S/C14H22O7/c1-5-11(15)19-8-6-12(16)20-9-7-13(17)21-14(2,3)10-18-4/h5H,1,6-10H2,2-4H3. The van der Waals surface area contributed by atoms with Crippen LogP contribution in [0.1, 0.15) is 26.7 Å². The second-order valence-corrected chi connectivity index (χ2v) is 4.76. The molecule has 0 rings (SSSR count). The summed E-state index contributed by atoms with van der Waals surface area (Å²) in [6, 6.07) is 0. The van der Waals surface area contributed by atoms with Crippen LogP contribution in [0.5, 0.6) is 0 Å². The van der Waals surface area contributed by atoms with Gasteiger partial charge in [0.25, 0.3) is 0 Å². The third-order valence-electron chi connectivity index (χ3n) is 2.17. The molecule has 0 aliphatic rings. The van der Waals surface area contributed by atoms with Gasteiger partial charge in [0, 0.05) is 13.2 Å². The molecule has 120 valence electrons. The molecule has 0 aromatic rings. The number of methoxy groups -OCH3 is 1. The van der Waals surface area contributed by atoms with Gasteiger partial charge in [0.2, 0.25) is 0 Å². The third kappa shape index (κ3) is 10.5. The first-order valence-corrected chi connectivity index (χ1v) is 6.46. The fraction of sp³-hybridized carbons (Fsp3) is 0.643. The van der Waals surface area contributed by atoms with Gasteiger partial charge >= 0.3 is 17.9 Å². The Labute approximate surface area is 124 Å². The van der Waals surface area contributed by atoms with Crippen molar-refractivity contribution in [3.63, 3.8) is 0 Å². The molecule has 0 unspecified atom stereocenters. The van der Waals surface area contributed by atoms with E-state index in [-0.39, 0.29) is 32.7 Å². The molecule has 0 amide bonds. The van der Waals surface area contributed by atoms with Crippen molar-refractivity contribution in [3.8, 4) is 0 Å². The van der Waals surface area contributed by atoms with E-state index in [4.69, 9.17) is 14.2 Å². The predicted octanol–water partition coefficient (Wildman–Crippen LogP) is 1.01. The van der Waals surface area contributed by atoms with Crippen LogP contribution >= 0.6 is 0 Å². The molecule has 0 bridgehead atoms. The molecule has 0 aliphatic carbocycles. The van der Waals surface area contributed by atoms with E-state index in [0.29, 0.717) is 0 Å². The molecule has 21 heavy (non-hydrogen) atoms. The largest absolute Gasteiger partial charge is 0.465 e. The average molecular weight is 302 g/mol. The van der Waals surface area contributed by atoms with E-state index in [1.165, 1.54) is 7.11 Å². The van der Waals surface area contributed by atoms with Crippen LogP contribution in [0.3, 0.4) is 0 Å². The number of carbonyl (C=O) groups excluding carboxylic acids is 3. The summed E-state index contributed by atoms with van der Waals surface area (Å²) < 4.78 is 19.5. The van der Waals surface area contributed by atoms with Gasteiger partial charge in [-0.25, -0.2) is 4.79 Å². The minimum absolute atomic E-state index is 0.0503. The summed E-state index contributed by atoms with van der Waals surface area (Å²) in [4.78, 5) is 33.5. The van der Waals surface area contributed by atoms with Crippen molar-refractivity contribution in [1.82, 2.24) is 0 Å². The molecular formula is C14H22O7. The van der Waals surface area contributed by atoms with Crippen LogP contribution in [0, 0.1) is 0 Å².